The van der Waals surface area contributed by atoms with E-state index in [1.165, 1.54) is 31.7 Å². The molecule has 3 aliphatic rings. The minimum absolute atomic E-state index is 0.0212. The zero-order valence-electron chi connectivity index (χ0n) is 14.5. The molecule has 0 saturated heterocycles. The lowest BCUT2D eigenvalue weighted by Gasteiger charge is -2.28. The fourth-order valence-electron chi connectivity index (χ4n) is 4.70. The number of anilines is 1. The summed E-state index contributed by atoms with van der Waals surface area (Å²) in [4.78, 5) is 23.5. The van der Waals surface area contributed by atoms with Gasteiger partial charge in [0.1, 0.15) is 5.69 Å². The zero-order valence-corrected chi connectivity index (χ0v) is 14.5. The van der Waals surface area contributed by atoms with Gasteiger partial charge >= 0.3 is 0 Å². The number of carbonyl (C=O) groups excluding carboxylic acids is 1. The zero-order chi connectivity index (χ0) is 17.6. The number of hydrogen-bond acceptors (Lipinski definition) is 4. The van der Waals surface area contributed by atoms with Gasteiger partial charge in [-0.3, -0.25) is 14.9 Å². The van der Waals surface area contributed by atoms with E-state index in [2.05, 4.69) is 17.6 Å². The van der Waals surface area contributed by atoms with Crippen LogP contribution < -0.4 is 10.6 Å². The van der Waals surface area contributed by atoms with Crippen molar-refractivity contribution < 1.29 is 9.72 Å². The normalized spacial score (nSPS) is 28.6. The van der Waals surface area contributed by atoms with Crippen LogP contribution in [0.1, 0.15) is 55.8 Å². The number of nitrogens with zero attached hydrogens (tertiary/aromatic N) is 1. The molecule has 2 bridgehead atoms. The van der Waals surface area contributed by atoms with Gasteiger partial charge in [-0.15, -0.1) is 0 Å². The molecular formula is C19H25N3O3. The van der Waals surface area contributed by atoms with Crippen molar-refractivity contribution in [1.82, 2.24) is 5.32 Å². The molecule has 4 atom stereocenters. The summed E-state index contributed by atoms with van der Waals surface area (Å²) in [5.41, 5.74) is 0.848. The smallest absolute Gasteiger partial charge is 0.293 e. The highest BCUT2D eigenvalue weighted by Crippen LogP contribution is 2.49. The van der Waals surface area contributed by atoms with Crippen molar-refractivity contribution in [2.24, 2.45) is 17.8 Å². The summed E-state index contributed by atoms with van der Waals surface area (Å²) in [5.74, 6) is 1.91. The van der Waals surface area contributed by atoms with E-state index in [1.54, 1.807) is 12.1 Å². The Hall–Kier alpha value is -2.11. The first kappa shape index (κ1) is 16.4. The molecule has 0 aromatic heterocycles. The fourth-order valence-corrected chi connectivity index (χ4v) is 4.70. The van der Waals surface area contributed by atoms with E-state index in [-0.39, 0.29) is 17.6 Å². The van der Waals surface area contributed by atoms with Crippen molar-refractivity contribution in [3.8, 4) is 0 Å². The van der Waals surface area contributed by atoms with Crippen LogP contribution in [0.2, 0.25) is 0 Å². The molecule has 0 spiro atoms. The number of nitro groups is 1. The van der Waals surface area contributed by atoms with E-state index in [4.69, 9.17) is 0 Å². The number of amides is 1. The van der Waals surface area contributed by atoms with Gasteiger partial charge < -0.3 is 10.6 Å². The topological polar surface area (TPSA) is 84.3 Å². The molecule has 4 rings (SSSR count). The SMILES string of the molecule is CC(NC(=O)c1ccc(NC2CC2)c([N+](=O)[O-])c1)C1CC2CCC1C2. The van der Waals surface area contributed by atoms with Crippen LogP contribution in [0.3, 0.4) is 0 Å². The molecule has 0 heterocycles. The van der Waals surface area contributed by atoms with E-state index in [1.807, 2.05) is 0 Å². The largest absolute Gasteiger partial charge is 0.377 e. The molecule has 3 fully saturated rings. The van der Waals surface area contributed by atoms with Gasteiger partial charge in [0.05, 0.1) is 4.92 Å². The van der Waals surface area contributed by atoms with Crippen LogP contribution in [0.5, 0.6) is 0 Å². The first-order chi connectivity index (χ1) is 12.0. The van der Waals surface area contributed by atoms with Gasteiger partial charge in [-0.05, 0) is 68.9 Å². The number of hydrogen-bond donors (Lipinski definition) is 2. The first-order valence-corrected chi connectivity index (χ1v) is 9.37. The number of fused-ring (bicyclic) bond motifs is 2. The molecule has 1 amide bonds. The highest BCUT2D eigenvalue weighted by Gasteiger charge is 2.42. The van der Waals surface area contributed by atoms with Crippen LogP contribution in [0.15, 0.2) is 18.2 Å². The Morgan fingerprint density at radius 2 is 2.04 bits per heavy atom. The van der Waals surface area contributed by atoms with Crippen molar-refractivity contribution in [2.75, 3.05) is 5.32 Å². The fraction of sp³-hybridized carbons (Fsp3) is 0.632. The molecule has 2 N–H and O–H groups in total. The highest BCUT2D eigenvalue weighted by molar-refractivity contribution is 5.96. The summed E-state index contributed by atoms with van der Waals surface area (Å²) in [7, 11) is 0. The molecule has 1 aromatic rings. The summed E-state index contributed by atoms with van der Waals surface area (Å²) >= 11 is 0. The summed E-state index contributed by atoms with van der Waals surface area (Å²) in [5, 5.41) is 17.6. The molecule has 3 aliphatic carbocycles. The average Bonchev–Trinajstić information content (AvgIpc) is 3.15. The van der Waals surface area contributed by atoms with Crippen molar-refractivity contribution in [3.05, 3.63) is 33.9 Å². The Kier molecular flexibility index (Phi) is 4.13. The van der Waals surface area contributed by atoms with E-state index in [9.17, 15) is 14.9 Å². The summed E-state index contributed by atoms with van der Waals surface area (Å²) in [6.45, 7) is 2.07. The van der Waals surface area contributed by atoms with Crippen LogP contribution in [0.25, 0.3) is 0 Å². The van der Waals surface area contributed by atoms with Gasteiger partial charge in [-0.25, -0.2) is 0 Å². The number of nitrogens with one attached hydrogen (secondary N) is 2. The van der Waals surface area contributed by atoms with Gasteiger partial charge in [-0.1, -0.05) is 6.42 Å². The minimum atomic E-state index is -0.416. The van der Waals surface area contributed by atoms with Crippen LogP contribution in [-0.2, 0) is 0 Å². The molecule has 6 heteroatoms. The third-order valence-electron chi connectivity index (χ3n) is 6.19. The predicted molar refractivity (Wildman–Crippen MR) is 95.6 cm³/mol. The van der Waals surface area contributed by atoms with Gasteiger partial charge in [0.15, 0.2) is 0 Å². The van der Waals surface area contributed by atoms with Gasteiger partial charge in [0, 0.05) is 23.7 Å². The van der Waals surface area contributed by atoms with E-state index in [0.29, 0.717) is 23.2 Å². The maximum Gasteiger partial charge on any atom is 0.293 e. The maximum atomic E-state index is 12.6. The van der Waals surface area contributed by atoms with E-state index >= 15 is 0 Å². The third-order valence-corrected chi connectivity index (χ3v) is 6.19. The van der Waals surface area contributed by atoms with Crippen LogP contribution in [-0.4, -0.2) is 22.9 Å². The van der Waals surface area contributed by atoms with Crippen molar-refractivity contribution in [3.63, 3.8) is 0 Å². The molecule has 6 nitrogen and oxygen atoms in total. The number of nitro benzene ring substituents is 1. The Morgan fingerprint density at radius 3 is 2.64 bits per heavy atom. The third kappa shape index (κ3) is 3.34. The number of rotatable bonds is 6. The quantitative estimate of drug-likeness (QED) is 0.609. The lowest BCUT2D eigenvalue weighted by molar-refractivity contribution is -0.384. The summed E-state index contributed by atoms with van der Waals surface area (Å²) < 4.78 is 0. The van der Waals surface area contributed by atoms with Gasteiger partial charge in [0.25, 0.3) is 11.6 Å². The van der Waals surface area contributed by atoms with E-state index < -0.39 is 4.92 Å². The van der Waals surface area contributed by atoms with Crippen molar-refractivity contribution >= 4 is 17.3 Å². The van der Waals surface area contributed by atoms with Crippen LogP contribution >= 0.6 is 0 Å². The lowest BCUT2D eigenvalue weighted by Crippen LogP contribution is -2.40. The lowest BCUT2D eigenvalue weighted by atomic mass is 9.84. The molecule has 3 saturated carbocycles. The predicted octanol–water partition coefficient (Wildman–Crippen LogP) is 3.72. The highest BCUT2D eigenvalue weighted by atomic mass is 16.6. The molecular weight excluding hydrogens is 318 g/mol. The molecule has 0 aliphatic heterocycles. The van der Waals surface area contributed by atoms with Crippen LogP contribution in [0.4, 0.5) is 11.4 Å². The van der Waals surface area contributed by atoms with Gasteiger partial charge in [-0.2, -0.15) is 0 Å². The number of benzene rings is 1. The summed E-state index contributed by atoms with van der Waals surface area (Å²) in [6.07, 6.45) is 7.21. The van der Waals surface area contributed by atoms with Crippen molar-refractivity contribution in [1.29, 1.82) is 0 Å². The standard InChI is InChI=1S/C19H25N3O3/c1-11(16-9-12-2-3-13(16)8-12)20-19(23)14-4-7-17(21-15-5-6-15)18(10-14)22(24)25/h4,7,10-13,15-16,21H,2-3,5-6,8-9H2,1H3,(H,20,23). The molecule has 25 heavy (non-hydrogen) atoms. The maximum absolute atomic E-state index is 12.6. The Morgan fingerprint density at radius 1 is 1.24 bits per heavy atom. The van der Waals surface area contributed by atoms with E-state index in [0.717, 1.165) is 24.7 Å². The molecule has 0 radical (unpaired) electrons. The first-order valence-electron chi connectivity index (χ1n) is 9.37. The van der Waals surface area contributed by atoms with Crippen LogP contribution in [0, 0.1) is 27.9 Å². The molecule has 134 valence electrons. The van der Waals surface area contributed by atoms with Crippen molar-refractivity contribution in [2.45, 2.75) is 57.5 Å². The second kappa shape index (κ2) is 6.32. The molecule has 1 aromatic carbocycles. The minimum Gasteiger partial charge on any atom is -0.377 e. The second-order valence-corrected chi connectivity index (χ2v) is 8.01. The molecule has 4 unspecified atom stereocenters. The van der Waals surface area contributed by atoms with Gasteiger partial charge in [0.2, 0.25) is 0 Å². The number of carbonyl (C=O) groups is 1. The monoisotopic (exact) mass is 343 g/mol. The second-order valence-electron chi connectivity index (χ2n) is 8.01. The average molecular weight is 343 g/mol. The Bertz CT molecular complexity index is 701. The summed E-state index contributed by atoms with van der Waals surface area (Å²) in [6, 6.07) is 5.18. The Balaban J connectivity index is 1.45. The Labute approximate surface area is 147 Å².